The molecule has 326 valence electrons. The lowest BCUT2D eigenvalue weighted by molar-refractivity contribution is -0.172. The van der Waals surface area contributed by atoms with Crippen LogP contribution < -0.4 is 5.32 Å². The number of fused-ring (bicyclic) bond motifs is 2. The second-order valence-corrected chi connectivity index (χ2v) is 18.1. The summed E-state index contributed by atoms with van der Waals surface area (Å²) >= 11 is 0. The molecular weight excluding hydrogens is 789 g/mol. The van der Waals surface area contributed by atoms with Crippen LogP contribution in [0.4, 0.5) is 0 Å². The van der Waals surface area contributed by atoms with Crippen LogP contribution in [-0.4, -0.2) is 113 Å². The van der Waals surface area contributed by atoms with E-state index in [9.17, 15) is 33.9 Å². The maximum Gasteiger partial charge on any atom is 0.348 e. The van der Waals surface area contributed by atoms with Gasteiger partial charge >= 0.3 is 23.9 Å². The first-order valence-electron chi connectivity index (χ1n) is 20.9. The molecule has 3 saturated heterocycles. The summed E-state index contributed by atoms with van der Waals surface area (Å²) in [4.78, 5) is 80.5. The summed E-state index contributed by atoms with van der Waals surface area (Å²) in [6.45, 7) is 8.86. The third kappa shape index (κ3) is 10.1. The Labute approximate surface area is 354 Å². The molecule has 0 unspecified atom stereocenters. The van der Waals surface area contributed by atoms with E-state index in [1.807, 2.05) is 24.3 Å². The normalized spacial score (nSPS) is 25.3. The molecule has 6 atom stereocenters. The van der Waals surface area contributed by atoms with E-state index in [0.717, 1.165) is 11.1 Å². The van der Waals surface area contributed by atoms with E-state index in [2.05, 4.69) is 5.32 Å². The van der Waals surface area contributed by atoms with Gasteiger partial charge in [0, 0.05) is 49.3 Å². The zero-order valence-electron chi connectivity index (χ0n) is 35.2. The van der Waals surface area contributed by atoms with E-state index in [-0.39, 0.29) is 31.4 Å². The Morgan fingerprint density at radius 3 is 2.43 bits per heavy atom. The number of carbonyl (C=O) groups excluding carboxylic acids is 6. The van der Waals surface area contributed by atoms with E-state index < -0.39 is 95.6 Å². The zero-order valence-corrected chi connectivity index (χ0v) is 35.2. The van der Waals surface area contributed by atoms with Crippen molar-refractivity contribution in [1.82, 2.24) is 10.2 Å². The number of ether oxygens (including phenoxy) is 6. The topological polar surface area (TPSA) is 193 Å². The molecule has 2 aromatic rings. The Hall–Kier alpha value is -5.38. The van der Waals surface area contributed by atoms with Crippen molar-refractivity contribution >= 4 is 41.8 Å². The average molecular weight is 843 g/mol. The van der Waals surface area contributed by atoms with Gasteiger partial charge in [-0.15, -0.1) is 0 Å². The van der Waals surface area contributed by atoms with Crippen LogP contribution in [0, 0.1) is 5.41 Å². The number of aliphatic hydroxyl groups excluding tert-OH is 1. The number of carbonyl (C=O) groups is 6. The zero-order chi connectivity index (χ0) is 43.7. The molecule has 3 fully saturated rings. The lowest BCUT2D eigenvalue weighted by Crippen LogP contribution is -2.51. The lowest BCUT2D eigenvalue weighted by atomic mass is 9.90. The first-order valence-corrected chi connectivity index (χ1v) is 20.9. The number of rotatable bonds is 12. The standard InChI is InChI=1S/C46H54N2O13/c1-44(2,3)60-37(51)18-16-32(25-49)47-40(52)33-14-9-19-48(33)41(53)31-21-34(38-35(22-31)59-46(61-38)23-29-11-6-7-12-30(29)24-46)57-42(54)28-13-8-10-27(20-28)15-17-36(50)58-39-43(55)56-26-45(39,4)5/h6-8,10-13,15,17,20,22,32-35,38-39,49H,9,14,16,18-19,21,23-26H2,1-5H3,(H,47,52)/t32-,33+,34+,35+,38-,39-/m0/s1. The van der Waals surface area contributed by atoms with Gasteiger partial charge in [-0.1, -0.05) is 50.2 Å². The minimum atomic E-state index is -1.04. The monoisotopic (exact) mass is 842 g/mol. The largest absolute Gasteiger partial charge is 0.462 e. The van der Waals surface area contributed by atoms with Crippen molar-refractivity contribution in [1.29, 1.82) is 0 Å². The Bertz CT molecular complexity index is 2090. The summed E-state index contributed by atoms with van der Waals surface area (Å²) in [5, 5.41) is 12.8. The second-order valence-electron chi connectivity index (χ2n) is 18.1. The first-order chi connectivity index (χ1) is 28.9. The molecule has 15 heteroatoms. The van der Waals surface area contributed by atoms with E-state index >= 15 is 0 Å². The predicted octanol–water partition coefficient (Wildman–Crippen LogP) is 3.92. The number of nitrogens with zero attached hydrogens (tertiary/aromatic N) is 1. The third-order valence-corrected chi connectivity index (χ3v) is 11.5. The minimum Gasteiger partial charge on any atom is -0.462 e. The van der Waals surface area contributed by atoms with Crippen LogP contribution in [0.2, 0.25) is 0 Å². The number of benzene rings is 2. The Balaban J connectivity index is 1.05. The summed E-state index contributed by atoms with van der Waals surface area (Å²) in [5.41, 5.74) is 1.80. The van der Waals surface area contributed by atoms with Crippen LogP contribution in [0.25, 0.3) is 6.08 Å². The number of hydrogen-bond acceptors (Lipinski definition) is 13. The van der Waals surface area contributed by atoms with Crippen molar-refractivity contribution in [2.45, 2.75) is 127 Å². The number of nitrogens with one attached hydrogen (secondary N) is 1. The average Bonchev–Trinajstić information content (AvgIpc) is 3.99. The molecule has 3 heterocycles. The maximum atomic E-state index is 14.4. The summed E-state index contributed by atoms with van der Waals surface area (Å²) in [5.74, 6) is -4.36. The van der Waals surface area contributed by atoms with Gasteiger partial charge in [-0.2, -0.15) is 0 Å². The fourth-order valence-corrected chi connectivity index (χ4v) is 8.54. The molecule has 2 N–H and O–H groups in total. The van der Waals surface area contributed by atoms with Crippen molar-refractivity contribution in [3.63, 3.8) is 0 Å². The van der Waals surface area contributed by atoms with Gasteiger partial charge in [0.15, 0.2) is 5.79 Å². The molecule has 2 aromatic carbocycles. The molecule has 15 nitrogen and oxygen atoms in total. The molecule has 5 aliphatic rings. The second kappa shape index (κ2) is 17.5. The van der Waals surface area contributed by atoms with Crippen molar-refractivity contribution < 1.29 is 62.3 Å². The summed E-state index contributed by atoms with van der Waals surface area (Å²) in [6.07, 6.45) is 2.92. The Morgan fingerprint density at radius 1 is 1.02 bits per heavy atom. The molecule has 0 aromatic heterocycles. The molecule has 0 bridgehead atoms. The highest BCUT2D eigenvalue weighted by Gasteiger charge is 2.55. The molecule has 2 amide bonds. The van der Waals surface area contributed by atoms with E-state index in [4.69, 9.17) is 28.4 Å². The van der Waals surface area contributed by atoms with Crippen LogP contribution in [0.1, 0.15) is 93.8 Å². The number of amides is 2. The molecule has 0 saturated carbocycles. The van der Waals surface area contributed by atoms with Crippen molar-refractivity contribution in [2.24, 2.45) is 5.41 Å². The van der Waals surface area contributed by atoms with E-state index in [1.54, 1.807) is 65.0 Å². The quantitative estimate of drug-likeness (QED) is 0.178. The van der Waals surface area contributed by atoms with Gasteiger partial charge in [-0.25, -0.2) is 14.4 Å². The van der Waals surface area contributed by atoms with Gasteiger partial charge in [0.05, 0.1) is 18.2 Å². The van der Waals surface area contributed by atoms with Gasteiger partial charge in [-0.3, -0.25) is 14.4 Å². The van der Waals surface area contributed by atoms with Gasteiger partial charge in [0.1, 0.15) is 36.6 Å². The SMILES string of the molecule is CC(C)(C)OC(=O)CC[C@@H](CO)NC(=O)[C@H]1CCCN1C(=O)C1=C[C@H]2OC3(Cc4ccccc4C3)O[C@H]2[C@H](OC(=O)c2cccc(C=CC(=O)O[C@H]3C(=O)OCC3(C)C)c2)C1. The predicted molar refractivity (Wildman–Crippen MR) is 217 cm³/mol. The molecule has 0 radical (unpaired) electrons. The van der Waals surface area contributed by atoms with E-state index in [1.165, 1.54) is 17.1 Å². The maximum absolute atomic E-state index is 14.4. The first kappa shape index (κ1) is 43.7. The summed E-state index contributed by atoms with van der Waals surface area (Å²) < 4.78 is 35.2. The van der Waals surface area contributed by atoms with Gasteiger partial charge < -0.3 is 43.7 Å². The fraction of sp³-hybridized carbons (Fsp3) is 0.522. The highest BCUT2D eigenvalue weighted by atomic mass is 16.8. The van der Waals surface area contributed by atoms with Crippen LogP contribution in [0.15, 0.2) is 66.3 Å². The lowest BCUT2D eigenvalue weighted by Gasteiger charge is -2.33. The Kier molecular flexibility index (Phi) is 12.6. The van der Waals surface area contributed by atoms with E-state index in [0.29, 0.717) is 43.4 Å². The minimum absolute atomic E-state index is 0.00569. The number of aliphatic hydroxyl groups is 1. The smallest absolute Gasteiger partial charge is 0.348 e. The van der Waals surface area contributed by atoms with Gasteiger partial charge in [-0.05, 0) is 81.0 Å². The third-order valence-electron chi connectivity index (χ3n) is 11.5. The molecule has 2 aliphatic carbocycles. The number of hydrogen-bond donors (Lipinski definition) is 2. The van der Waals surface area contributed by atoms with Crippen LogP contribution >= 0.6 is 0 Å². The van der Waals surface area contributed by atoms with Crippen LogP contribution in [0.5, 0.6) is 0 Å². The highest BCUT2D eigenvalue weighted by molar-refractivity contribution is 5.98. The highest BCUT2D eigenvalue weighted by Crippen LogP contribution is 2.45. The summed E-state index contributed by atoms with van der Waals surface area (Å²) in [6, 6.07) is 12.8. The Morgan fingerprint density at radius 2 is 1.75 bits per heavy atom. The van der Waals surface area contributed by atoms with Crippen molar-refractivity contribution in [2.75, 3.05) is 19.8 Å². The van der Waals surface area contributed by atoms with Crippen LogP contribution in [0.3, 0.4) is 0 Å². The molecule has 7 rings (SSSR count). The summed E-state index contributed by atoms with van der Waals surface area (Å²) in [7, 11) is 0. The molecular formula is C46H54N2O13. The number of cyclic esters (lactones) is 1. The van der Waals surface area contributed by atoms with Gasteiger partial charge in [0.25, 0.3) is 0 Å². The molecule has 61 heavy (non-hydrogen) atoms. The number of likely N-dealkylation sites (tertiary alicyclic amines) is 1. The molecule has 3 aliphatic heterocycles. The van der Waals surface area contributed by atoms with Gasteiger partial charge in [0.2, 0.25) is 17.9 Å². The van der Waals surface area contributed by atoms with Crippen molar-refractivity contribution in [3.8, 4) is 0 Å². The van der Waals surface area contributed by atoms with Crippen molar-refractivity contribution in [3.05, 3.63) is 88.5 Å². The fourth-order valence-electron chi connectivity index (χ4n) is 8.54. The van der Waals surface area contributed by atoms with Crippen LogP contribution in [-0.2, 0) is 65.2 Å². The number of esters is 4. The molecule has 1 spiro atoms.